The Hall–Kier alpha value is -0.710. The van der Waals surface area contributed by atoms with Crippen molar-refractivity contribution in [2.45, 2.75) is 19.3 Å². The minimum Gasteiger partial charge on any atom is -0.384 e. The Morgan fingerprint density at radius 3 is 2.80 bits per heavy atom. The molecule has 1 fully saturated rings. The van der Waals surface area contributed by atoms with E-state index in [4.69, 9.17) is 4.74 Å². The Labute approximate surface area is 129 Å². The summed E-state index contributed by atoms with van der Waals surface area (Å²) in [5, 5.41) is 0. The summed E-state index contributed by atoms with van der Waals surface area (Å²) < 4.78 is 6.17. The quantitative estimate of drug-likeness (QED) is 0.744. The van der Waals surface area contributed by atoms with Crippen LogP contribution in [0.25, 0.3) is 0 Å². The lowest BCUT2D eigenvalue weighted by Crippen LogP contribution is -2.36. The Bertz CT molecular complexity index is 442. The van der Waals surface area contributed by atoms with Crippen LogP contribution >= 0.6 is 15.9 Å². The standard InChI is InChI=1S/C16H22BrNO2/c1-20-12-13-5-8-18(9-6-13)10-7-16(19)14-3-2-4-15(17)11-14/h2-4,11,13H,5-10,12H2,1H3. The summed E-state index contributed by atoms with van der Waals surface area (Å²) in [7, 11) is 1.77. The number of carbonyl (C=O) groups is 1. The van der Waals surface area contributed by atoms with Gasteiger partial charge in [0.1, 0.15) is 0 Å². The number of carbonyl (C=O) groups excluding carboxylic acids is 1. The van der Waals surface area contributed by atoms with Crippen LogP contribution in [-0.2, 0) is 4.74 Å². The van der Waals surface area contributed by atoms with Crippen molar-refractivity contribution in [3.05, 3.63) is 34.3 Å². The Morgan fingerprint density at radius 2 is 2.15 bits per heavy atom. The van der Waals surface area contributed by atoms with Crippen LogP contribution in [-0.4, -0.2) is 44.0 Å². The molecule has 2 rings (SSSR count). The van der Waals surface area contributed by atoms with Crippen LogP contribution in [0.3, 0.4) is 0 Å². The van der Waals surface area contributed by atoms with E-state index in [9.17, 15) is 4.79 Å². The Balaban J connectivity index is 1.74. The smallest absolute Gasteiger partial charge is 0.164 e. The van der Waals surface area contributed by atoms with Gasteiger partial charge in [-0.2, -0.15) is 0 Å². The maximum Gasteiger partial charge on any atom is 0.164 e. The molecule has 1 aliphatic heterocycles. The third-order valence-corrected chi connectivity index (χ3v) is 4.40. The van der Waals surface area contributed by atoms with Gasteiger partial charge < -0.3 is 9.64 Å². The van der Waals surface area contributed by atoms with Crippen LogP contribution in [0.15, 0.2) is 28.7 Å². The SMILES string of the molecule is COCC1CCN(CCC(=O)c2cccc(Br)c2)CC1. The molecule has 4 heteroatoms. The van der Waals surface area contributed by atoms with Gasteiger partial charge >= 0.3 is 0 Å². The highest BCUT2D eigenvalue weighted by molar-refractivity contribution is 9.10. The minimum absolute atomic E-state index is 0.227. The molecule has 0 saturated carbocycles. The van der Waals surface area contributed by atoms with Gasteiger partial charge in [0.15, 0.2) is 5.78 Å². The van der Waals surface area contributed by atoms with E-state index in [1.807, 2.05) is 24.3 Å². The third-order valence-electron chi connectivity index (χ3n) is 3.91. The molecule has 1 aromatic carbocycles. The van der Waals surface area contributed by atoms with Crippen LogP contribution in [0.2, 0.25) is 0 Å². The molecular formula is C16H22BrNO2. The number of ether oxygens (including phenoxy) is 1. The summed E-state index contributed by atoms with van der Waals surface area (Å²) in [6, 6.07) is 7.63. The lowest BCUT2D eigenvalue weighted by atomic mass is 9.97. The molecule has 1 heterocycles. The molecule has 1 saturated heterocycles. The summed E-state index contributed by atoms with van der Waals surface area (Å²) in [6.45, 7) is 3.90. The fourth-order valence-corrected chi connectivity index (χ4v) is 3.08. The second-order valence-electron chi connectivity index (χ2n) is 5.42. The van der Waals surface area contributed by atoms with Gasteiger partial charge in [-0.05, 0) is 44.0 Å². The fourth-order valence-electron chi connectivity index (χ4n) is 2.68. The average Bonchev–Trinajstić information content (AvgIpc) is 2.46. The van der Waals surface area contributed by atoms with Crippen molar-refractivity contribution in [3.8, 4) is 0 Å². The van der Waals surface area contributed by atoms with Crippen molar-refractivity contribution < 1.29 is 9.53 Å². The predicted octanol–water partition coefficient (Wildman–Crippen LogP) is 3.38. The first-order valence-electron chi connectivity index (χ1n) is 7.19. The molecule has 0 radical (unpaired) electrons. The van der Waals surface area contributed by atoms with Gasteiger partial charge in [-0.15, -0.1) is 0 Å². The second-order valence-corrected chi connectivity index (χ2v) is 6.34. The molecule has 1 aromatic rings. The number of hydrogen-bond donors (Lipinski definition) is 0. The number of likely N-dealkylation sites (tertiary alicyclic amines) is 1. The Morgan fingerprint density at radius 1 is 1.40 bits per heavy atom. The zero-order valence-electron chi connectivity index (χ0n) is 12.0. The third kappa shape index (κ3) is 4.69. The first kappa shape index (κ1) is 15.7. The summed E-state index contributed by atoms with van der Waals surface area (Å²) in [6.07, 6.45) is 2.96. The number of piperidine rings is 1. The van der Waals surface area contributed by atoms with Crippen LogP contribution in [0.1, 0.15) is 29.6 Å². The van der Waals surface area contributed by atoms with Crippen molar-refractivity contribution in [1.29, 1.82) is 0 Å². The van der Waals surface area contributed by atoms with Crippen LogP contribution in [0.5, 0.6) is 0 Å². The topological polar surface area (TPSA) is 29.5 Å². The maximum atomic E-state index is 12.1. The molecule has 20 heavy (non-hydrogen) atoms. The summed E-state index contributed by atoms with van der Waals surface area (Å²) in [5.74, 6) is 0.919. The van der Waals surface area contributed by atoms with Crippen molar-refractivity contribution >= 4 is 21.7 Å². The van der Waals surface area contributed by atoms with Crippen molar-refractivity contribution in [3.63, 3.8) is 0 Å². The van der Waals surface area contributed by atoms with Crippen molar-refractivity contribution in [2.24, 2.45) is 5.92 Å². The monoisotopic (exact) mass is 339 g/mol. The molecule has 0 unspecified atom stereocenters. The molecule has 0 aromatic heterocycles. The van der Waals surface area contributed by atoms with E-state index >= 15 is 0 Å². The van der Waals surface area contributed by atoms with Crippen LogP contribution in [0.4, 0.5) is 0 Å². The van der Waals surface area contributed by atoms with Crippen molar-refractivity contribution in [1.82, 2.24) is 4.90 Å². The minimum atomic E-state index is 0.227. The summed E-state index contributed by atoms with van der Waals surface area (Å²) >= 11 is 3.40. The zero-order valence-corrected chi connectivity index (χ0v) is 13.6. The second kappa shape index (κ2) is 7.91. The molecule has 3 nitrogen and oxygen atoms in total. The molecule has 110 valence electrons. The van der Waals surface area contributed by atoms with Crippen molar-refractivity contribution in [2.75, 3.05) is 33.4 Å². The van der Waals surface area contributed by atoms with E-state index in [2.05, 4.69) is 20.8 Å². The van der Waals surface area contributed by atoms with Gasteiger partial charge in [0.25, 0.3) is 0 Å². The van der Waals surface area contributed by atoms with E-state index in [0.29, 0.717) is 12.3 Å². The highest BCUT2D eigenvalue weighted by Gasteiger charge is 2.19. The van der Waals surface area contributed by atoms with E-state index in [1.165, 1.54) is 12.8 Å². The van der Waals surface area contributed by atoms with Gasteiger partial charge in [0.2, 0.25) is 0 Å². The largest absolute Gasteiger partial charge is 0.384 e. The lowest BCUT2D eigenvalue weighted by Gasteiger charge is -2.31. The first-order valence-corrected chi connectivity index (χ1v) is 7.98. The Kier molecular flexibility index (Phi) is 6.20. The highest BCUT2D eigenvalue weighted by Crippen LogP contribution is 2.18. The molecule has 0 aliphatic carbocycles. The fraction of sp³-hybridized carbons (Fsp3) is 0.562. The molecule has 0 bridgehead atoms. The number of halogens is 1. The molecule has 0 atom stereocenters. The zero-order chi connectivity index (χ0) is 14.4. The lowest BCUT2D eigenvalue weighted by molar-refractivity contribution is 0.0883. The molecule has 0 spiro atoms. The van der Waals surface area contributed by atoms with Gasteiger partial charge in [-0.3, -0.25) is 4.79 Å². The van der Waals surface area contributed by atoms with Gasteiger partial charge in [-0.1, -0.05) is 28.1 Å². The van der Waals surface area contributed by atoms with E-state index < -0.39 is 0 Å². The van der Waals surface area contributed by atoms with E-state index in [1.54, 1.807) is 7.11 Å². The molecular weight excluding hydrogens is 318 g/mol. The summed E-state index contributed by atoms with van der Waals surface area (Å²) in [4.78, 5) is 14.5. The first-order chi connectivity index (χ1) is 9.69. The van der Waals surface area contributed by atoms with Gasteiger partial charge in [0.05, 0.1) is 0 Å². The highest BCUT2D eigenvalue weighted by atomic mass is 79.9. The average molecular weight is 340 g/mol. The van der Waals surface area contributed by atoms with Gasteiger partial charge in [-0.25, -0.2) is 0 Å². The molecule has 1 aliphatic rings. The summed E-state index contributed by atoms with van der Waals surface area (Å²) in [5.41, 5.74) is 0.800. The number of methoxy groups -OCH3 is 1. The number of nitrogens with zero attached hydrogens (tertiary/aromatic N) is 1. The number of rotatable bonds is 6. The molecule has 0 amide bonds. The maximum absolute atomic E-state index is 12.1. The number of benzene rings is 1. The van der Waals surface area contributed by atoms with E-state index in [-0.39, 0.29) is 5.78 Å². The number of hydrogen-bond acceptors (Lipinski definition) is 3. The predicted molar refractivity (Wildman–Crippen MR) is 84.1 cm³/mol. The van der Waals surface area contributed by atoms with E-state index in [0.717, 1.165) is 36.3 Å². The normalized spacial score (nSPS) is 17.3. The van der Waals surface area contributed by atoms with Gasteiger partial charge in [0, 0.05) is 36.7 Å². The number of ketones is 1. The van der Waals surface area contributed by atoms with Crippen LogP contribution < -0.4 is 0 Å². The number of Topliss-reactive ketones (excluding diaryl/α,β-unsaturated/α-hetero) is 1. The molecule has 0 N–H and O–H groups in total. The van der Waals surface area contributed by atoms with Crippen LogP contribution in [0, 0.1) is 5.92 Å².